The van der Waals surface area contributed by atoms with Gasteiger partial charge in [0.1, 0.15) is 0 Å². The smallest absolute Gasteiger partial charge is 0.255 e. The van der Waals surface area contributed by atoms with Crippen LogP contribution in [0, 0.1) is 5.95 Å². The average molecular weight is 237 g/mol. The van der Waals surface area contributed by atoms with Crippen LogP contribution in [0.15, 0.2) is 18.3 Å². The van der Waals surface area contributed by atoms with Gasteiger partial charge in [-0.3, -0.25) is 4.79 Å². The minimum absolute atomic E-state index is 0.00146. The number of pyridine rings is 1. The van der Waals surface area contributed by atoms with Crippen molar-refractivity contribution in [2.24, 2.45) is 0 Å². The zero-order valence-electron chi connectivity index (χ0n) is 9.82. The van der Waals surface area contributed by atoms with Gasteiger partial charge in [0.2, 0.25) is 5.95 Å². The molecule has 1 heterocycles. The maximum atomic E-state index is 13.2. The molecule has 5 heteroatoms. The summed E-state index contributed by atoms with van der Waals surface area (Å²) in [5.41, 5.74) is 0.00146. The zero-order chi connectivity index (χ0) is 12.3. The summed E-state index contributed by atoms with van der Waals surface area (Å²) in [7, 11) is 2.04. The van der Waals surface area contributed by atoms with Gasteiger partial charge in [-0.15, -0.1) is 0 Å². The van der Waals surface area contributed by atoms with E-state index in [-0.39, 0.29) is 5.56 Å². The predicted molar refractivity (Wildman–Crippen MR) is 62.2 cm³/mol. The van der Waals surface area contributed by atoms with Gasteiger partial charge < -0.3 is 10.2 Å². The number of nitrogens with one attached hydrogen (secondary N) is 1. The third-order valence-corrected chi connectivity index (χ3v) is 2.92. The number of likely N-dealkylation sites (N-methyl/N-ethyl adjacent to an activating group) is 1. The molecule has 4 nitrogen and oxygen atoms in total. The van der Waals surface area contributed by atoms with Crippen molar-refractivity contribution in [3.8, 4) is 0 Å². The van der Waals surface area contributed by atoms with E-state index in [0.717, 1.165) is 6.54 Å². The first-order chi connectivity index (χ1) is 8.18. The van der Waals surface area contributed by atoms with Crippen molar-refractivity contribution in [1.82, 2.24) is 15.2 Å². The van der Waals surface area contributed by atoms with Gasteiger partial charge in [0.15, 0.2) is 0 Å². The molecule has 1 N–H and O–H groups in total. The first-order valence-electron chi connectivity index (χ1n) is 5.77. The van der Waals surface area contributed by atoms with Crippen LogP contribution in [0.25, 0.3) is 0 Å². The van der Waals surface area contributed by atoms with Crippen LogP contribution in [0.1, 0.15) is 23.2 Å². The van der Waals surface area contributed by atoms with Gasteiger partial charge in [0.05, 0.1) is 5.56 Å². The van der Waals surface area contributed by atoms with E-state index in [2.05, 4.69) is 15.2 Å². The van der Waals surface area contributed by atoms with Crippen LogP contribution in [-0.4, -0.2) is 42.0 Å². The van der Waals surface area contributed by atoms with E-state index in [9.17, 15) is 9.18 Å². The second-order valence-electron chi connectivity index (χ2n) is 4.31. The number of carbonyl (C=O) groups excluding carboxylic acids is 1. The molecule has 17 heavy (non-hydrogen) atoms. The van der Waals surface area contributed by atoms with E-state index in [1.54, 1.807) is 6.07 Å². The van der Waals surface area contributed by atoms with Gasteiger partial charge in [0, 0.05) is 25.3 Å². The summed E-state index contributed by atoms with van der Waals surface area (Å²) in [4.78, 5) is 17.3. The molecule has 0 spiro atoms. The molecule has 1 aliphatic carbocycles. The SMILES string of the molecule is CN(CCNC(=O)c1cccnc1F)C1CC1. The van der Waals surface area contributed by atoms with E-state index in [0.29, 0.717) is 12.6 Å². The summed E-state index contributed by atoms with van der Waals surface area (Å²) in [6, 6.07) is 3.65. The van der Waals surface area contributed by atoms with E-state index in [4.69, 9.17) is 0 Å². The largest absolute Gasteiger partial charge is 0.351 e. The van der Waals surface area contributed by atoms with Crippen LogP contribution in [-0.2, 0) is 0 Å². The monoisotopic (exact) mass is 237 g/mol. The number of carbonyl (C=O) groups is 1. The number of rotatable bonds is 5. The molecule has 1 fully saturated rings. The highest BCUT2D eigenvalue weighted by atomic mass is 19.1. The second kappa shape index (κ2) is 5.23. The molecular weight excluding hydrogens is 221 g/mol. The van der Waals surface area contributed by atoms with Crippen LogP contribution in [0.4, 0.5) is 4.39 Å². The summed E-state index contributed by atoms with van der Waals surface area (Å²) >= 11 is 0. The molecule has 0 aromatic carbocycles. The Hall–Kier alpha value is -1.49. The molecule has 92 valence electrons. The van der Waals surface area contributed by atoms with Crippen molar-refractivity contribution in [3.63, 3.8) is 0 Å². The standard InChI is InChI=1S/C12H16FN3O/c1-16(9-4-5-9)8-7-15-12(17)10-3-2-6-14-11(10)13/h2-3,6,9H,4-5,7-8H2,1H3,(H,15,17). The average Bonchev–Trinajstić information content (AvgIpc) is 3.13. The van der Waals surface area contributed by atoms with Crippen LogP contribution in [0.3, 0.4) is 0 Å². The van der Waals surface area contributed by atoms with Crippen LogP contribution in [0.5, 0.6) is 0 Å². The first-order valence-corrected chi connectivity index (χ1v) is 5.77. The van der Waals surface area contributed by atoms with Gasteiger partial charge in [-0.25, -0.2) is 4.98 Å². The Morgan fingerprint density at radius 1 is 1.65 bits per heavy atom. The third kappa shape index (κ3) is 3.23. The molecule has 1 aromatic heterocycles. The molecule has 0 saturated heterocycles. The normalized spacial score (nSPS) is 15.0. The lowest BCUT2D eigenvalue weighted by molar-refractivity contribution is 0.0944. The number of hydrogen-bond donors (Lipinski definition) is 1. The number of aromatic nitrogens is 1. The number of halogens is 1. The van der Waals surface area contributed by atoms with Crippen molar-refractivity contribution in [2.45, 2.75) is 18.9 Å². The van der Waals surface area contributed by atoms with Crippen LogP contribution in [0.2, 0.25) is 0 Å². The summed E-state index contributed by atoms with van der Waals surface area (Å²) in [5, 5.41) is 2.69. The third-order valence-electron chi connectivity index (χ3n) is 2.92. The molecular formula is C12H16FN3O. The molecule has 2 rings (SSSR count). The molecule has 0 radical (unpaired) electrons. The van der Waals surface area contributed by atoms with E-state index in [1.807, 2.05) is 7.05 Å². The lowest BCUT2D eigenvalue weighted by Gasteiger charge is -2.15. The molecule has 1 amide bonds. The highest BCUT2D eigenvalue weighted by Crippen LogP contribution is 2.24. The predicted octanol–water partition coefficient (Wildman–Crippen LogP) is 1.04. The molecule has 0 atom stereocenters. The van der Waals surface area contributed by atoms with Crippen molar-refractivity contribution >= 4 is 5.91 Å². The highest BCUT2D eigenvalue weighted by Gasteiger charge is 2.25. The number of nitrogens with zero attached hydrogens (tertiary/aromatic N) is 2. The molecule has 1 saturated carbocycles. The van der Waals surface area contributed by atoms with Gasteiger partial charge in [0.25, 0.3) is 5.91 Å². The fourth-order valence-electron chi connectivity index (χ4n) is 1.69. The van der Waals surface area contributed by atoms with Gasteiger partial charge in [-0.1, -0.05) is 0 Å². The molecule has 0 bridgehead atoms. The number of hydrogen-bond acceptors (Lipinski definition) is 3. The Labute approximate surface area is 99.8 Å². The minimum Gasteiger partial charge on any atom is -0.351 e. The van der Waals surface area contributed by atoms with E-state index in [1.165, 1.54) is 25.1 Å². The van der Waals surface area contributed by atoms with Crippen molar-refractivity contribution in [1.29, 1.82) is 0 Å². The Balaban J connectivity index is 1.79. The maximum absolute atomic E-state index is 13.2. The van der Waals surface area contributed by atoms with Crippen molar-refractivity contribution in [2.75, 3.05) is 20.1 Å². The van der Waals surface area contributed by atoms with Crippen molar-refractivity contribution < 1.29 is 9.18 Å². The quantitative estimate of drug-likeness (QED) is 0.778. The molecule has 1 aromatic rings. The maximum Gasteiger partial charge on any atom is 0.255 e. The molecule has 0 aliphatic heterocycles. The van der Waals surface area contributed by atoms with E-state index >= 15 is 0 Å². The Kier molecular flexibility index (Phi) is 3.68. The zero-order valence-corrected chi connectivity index (χ0v) is 9.82. The van der Waals surface area contributed by atoms with Crippen molar-refractivity contribution in [3.05, 3.63) is 29.8 Å². The van der Waals surface area contributed by atoms with Crippen LogP contribution < -0.4 is 5.32 Å². The summed E-state index contributed by atoms with van der Waals surface area (Å²) < 4.78 is 13.2. The van der Waals surface area contributed by atoms with Gasteiger partial charge >= 0.3 is 0 Å². The van der Waals surface area contributed by atoms with E-state index < -0.39 is 11.9 Å². The van der Waals surface area contributed by atoms with Gasteiger partial charge in [-0.2, -0.15) is 4.39 Å². The summed E-state index contributed by atoms with van der Waals surface area (Å²) in [6.07, 6.45) is 3.80. The fourth-order valence-corrected chi connectivity index (χ4v) is 1.69. The first kappa shape index (κ1) is 12.0. The Morgan fingerprint density at radius 3 is 3.06 bits per heavy atom. The minimum atomic E-state index is -0.722. The summed E-state index contributed by atoms with van der Waals surface area (Å²) in [6.45, 7) is 1.32. The highest BCUT2D eigenvalue weighted by molar-refractivity contribution is 5.94. The summed E-state index contributed by atoms with van der Waals surface area (Å²) in [5.74, 6) is -1.12. The Bertz CT molecular complexity index is 406. The van der Waals surface area contributed by atoms with Gasteiger partial charge in [-0.05, 0) is 32.0 Å². The topological polar surface area (TPSA) is 45.2 Å². The molecule has 0 unspecified atom stereocenters. The van der Waals surface area contributed by atoms with Crippen LogP contribution >= 0.6 is 0 Å². The lowest BCUT2D eigenvalue weighted by Crippen LogP contribution is -2.34. The fraction of sp³-hybridized carbons (Fsp3) is 0.500. The lowest BCUT2D eigenvalue weighted by atomic mass is 10.2. The second-order valence-corrected chi connectivity index (χ2v) is 4.31. The number of amides is 1. The Morgan fingerprint density at radius 2 is 2.41 bits per heavy atom. The molecule has 1 aliphatic rings.